The topological polar surface area (TPSA) is 70.0 Å². The van der Waals surface area contributed by atoms with Crippen molar-refractivity contribution < 1.29 is 24.1 Å². The van der Waals surface area contributed by atoms with Gasteiger partial charge in [-0.25, -0.2) is 4.39 Å². The number of hydrogen-bond acceptors (Lipinski definition) is 4. The first-order valence-electron chi connectivity index (χ1n) is 9.02. The standard InChI is InChI=1S/C19H28FNO4/c1-2-18(25-13-14(22)12-21-10-3-4-11-21)16-6-5-7-17(20)15(16)8-9-19(23)24/h5-7,14,18,22H,2-4,8-13H2,1H3,(H,23,24). The van der Waals surface area contributed by atoms with E-state index in [2.05, 4.69) is 4.90 Å². The molecule has 0 aliphatic carbocycles. The van der Waals surface area contributed by atoms with Crippen LogP contribution in [0, 0.1) is 5.82 Å². The highest BCUT2D eigenvalue weighted by atomic mass is 19.1. The lowest BCUT2D eigenvalue weighted by Crippen LogP contribution is -2.33. The number of likely N-dealkylation sites (tertiary alicyclic amines) is 1. The van der Waals surface area contributed by atoms with Crippen LogP contribution in [0.15, 0.2) is 18.2 Å². The normalized spacial score (nSPS) is 17.6. The number of aliphatic carboxylic acids is 1. The molecule has 0 aromatic heterocycles. The molecule has 1 aromatic rings. The van der Waals surface area contributed by atoms with Crippen molar-refractivity contribution in [1.82, 2.24) is 4.90 Å². The number of β-amino-alcohol motifs (C(OH)–C–C–N with tert-alkyl or cyclic N) is 1. The molecule has 0 saturated carbocycles. The van der Waals surface area contributed by atoms with E-state index >= 15 is 0 Å². The second kappa shape index (κ2) is 9.85. The highest BCUT2D eigenvalue weighted by Crippen LogP contribution is 2.27. The van der Waals surface area contributed by atoms with Gasteiger partial charge in [-0.15, -0.1) is 0 Å². The highest BCUT2D eigenvalue weighted by Gasteiger charge is 2.21. The number of halogens is 1. The van der Waals surface area contributed by atoms with Crippen LogP contribution in [0.3, 0.4) is 0 Å². The Hall–Kier alpha value is -1.50. The van der Waals surface area contributed by atoms with Crippen molar-refractivity contribution in [2.24, 2.45) is 0 Å². The van der Waals surface area contributed by atoms with Crippen LogP contribution in [0.2, 0.25) is 0 Å². The Morgan fingerprint density at radius 1 is 1.36 bits per heavy atom. The molecule has 2 atom stereocenters. The summed E-state index contributed by atoms with van der Waals surface area (Å²) in [5, 5.41) is 19.1. The summed E-state index contributed by atoms with van der Waals surface area (Å²) in [6, 6.07) is 4.73. The van der Waals surface area contributed by atoms with E-state index in [1.165, 1.54) is 18.9 Å². The molecule has 1 fully saturated rings. The average Bonchev–Trinajstić information content (AvgIpc) is 3.07. The molecule has 1 aromatic carbocycles. The average molecular weight is 353 g/mol. The van der Waals surface area contributed by atoms with Crippen LogP contribution in [-0.2, 0) is 16.0 Å². The van der Waals surface area contributed by atoms with Crippen LogP contribution in [-0.4, -0.2) is 53.4 Å². The van der Waals surface area contributed by atoms with Gasteiger partial charge < -0.3 is 19.8 Å². The van der Waals surface area contributed by atoms with Gasteiger partial charge >= 0.3 is 5.97 Å². The zero-order chi connectivity index (χ0) is 18.2. The number of hydrogen-bond donors (Lipinski definition) is 2. The smallest absolute Gasteiger partial charge is 0.303 e. The maximum absolute atomic E-state index is 14.2. The quantitative estimate of drug-likeness (QED) is 0.677. The predicted molar refractivity (Wildman–Crippen MR) is 93.0 cm³/mol. The van der Waals surface area contributed by atoms with Gasteiger partial charge in [-0.2, -0.15) is 0 Å². The lowest BCUT2D eigenvalue weighted by molar-refractivity contribution is -0.136. The fraction of sp³-hybridized carbons (Fsp3) is 0.632. The zero-order valence-corrected chi connectivity index (χ0v) is 14.8. The van der Waals surface area contributed by atoms with Gasteiger partial charge in [-0.1, -0.05) is 19.1 Å². The molecule has 140 valence electrons. The molecule has 0 radical (unpaired) electrons. The van der Waals surface area contributed by atoms with E-state index in [4.69, 9.17) is 9.84 Å². The molecular weight excluding hydrogens is 325 g/mol. The van der Waals surface area contributed by atoms with Crippen molar-refractivity contribution in [2.75, 3.05) is 26.2 Å². The molecule has 0 spiro atoms. The number of carbonyl (C=O) groups is 1. The SMILES string of the molecule is CCC(OCC(O)CN1CCCC1)c1cccc(F)c1CCC(=O)O. The van der Waals surface area contributed by atoms with Gasteiger partial charge in [0.05, 0.1) is 18.8 Å². The van der Waals surface area contributed by atoms with Crippen molar-refractivity contribution in [3.63, 3.8) is 0 Å². The third-order valence-corrected chi connectivity index (χ3v) is 4.62. The zero-order valence-electron chi connectivity index (χ0n) is 14.8. The second-order valence-electron chi connectivity index (χ2n) is 6.59. The summed E-state index contributed by atoms with van der Waals surface area (Å²) in [6.07, 6.45) is 2.04. The Labute approximate surface area is 148 Å². The Morgan fingerprint density at radius 3 is 2.72 bits per heavy atom. The first-order chi connectivity index (χ1) is 12.0. The molecule has 25 heavy (non-hydrogen) atoms. The van der Waals surface area contributed by atoms with Crippen LogP contribution < -0.4 is 0 Å². The Morgan fingerprint density at radius 2 is 2.08 bits per heavy atom. The molecule has 1 saturated heterocycles. The Balaban J connectivity index is 1.98. The second-order valence-corrected chi connectivity index (χ2v) is 6.59. The number of benzene rings is 1. The molecule has 5 nitrogen and oxygen atoms in total. The van der Waals surface area contributed by atoms with Crippen molar-refractivity contribution in [3.05, 3.63) is 35.1 Å². The summed E-state index contributed by atoms with van der Waals surface area (Å²) in [4.78, 5) is 13.0. The first kappa shape index (κ1) is 19.8. The van der Waals surface area contributed by atoms with E-state index in [-0.39, 0.29) is 25.6 Å². The minimum atomic E-state index is -0.954. The van der Waals surface area contributed by atoms with Gasteiger partial charge in [-0.05, 0) is 56.0 Å². The van der Waals surface area contributed by atoms with E-state index in [1.54, 1.807) is 12.1 Å². The molecule has 0 amide bonds. The maximum atomic E-state index is 14.2. The van der Waals surface area contributed by atoms with Crippen LogP contribution in [0.25, 0.3) is 0 Å². The summed E-state index contributed by atoms with van der Waals surface area (Å²) < 4.78 is 20.0. The molecule has 2 unspecified atom stereocenters. The van der Waals surface area contributed by atoms with E-state index in [0.717, 1.165) is 13.1 Å². The summed E-state index contributed by atoms with van der Waals surface area (Å²) in [5.41, 5.74) is 1.07. The third-order valence-electron chi connectivity index (χ3n) is 4.62. The minimum Gasteiger partial charge on any atom is -0.481 e. The Bertz CT molecular complexity index is 560. The molecule has 0 bridgehead atoms. The summed E-state index contributed by atoms with van der Waals surface area (Å²) >= 11 is 0. The van der Waals surface area contributed by atoms with Gasteiger partial charge in [0.1, 0.15) is 5.82 Å². The number of nitrogens with zero attached hydrogens (tertiary/aromatic N) is 1. The fourth-order valence-corrected chi connectivity index (χ4v) is 3.34. The van der Waals surface area contributed by atoms with Crippen molar-refractivity contribution in [3.8, 4) is 0 Å². The molecule has 1 aliphatic heterocycles. The van der Waals surface area contributed by atoms with Crippen molar-refractivity contribution >= 4 is 5.97 Å². The van der Waals surface area contributed by atoms with E-state index in [1.807, 2.05) is 6.92 Å². The van der Waals surface area contributed by atoms with Gasteiger partial charge in [0, 0.05) is 13.0 Å². The first-order valence-corrected chi connectivity index (χ1v) is 9.02. The predicted octanol–water partition coefficient (Wildman–Crippen LogP) is 2.77. The Kier molecular flexibility index (Phi) is 7.81. The van der Waals surface area contributed by atoms with Crippen LogP contribution in [0.5, 0.6) is 0 Å². The third kappa shape index (κ3) is 6.06. The van der Waals surface area contributed by atoms with Crippen LogP contribution in [0.4, 0.5) is 4.39 Å². The molecule has 6 heteroatoms. The van der Waals surface area contributed by atoms with Crippen LogP contribution in [0.1, 0.15) is 49.8 Å². The monoisotopic (exact) mass is 353 g/mol. The summed E-state index contributed by atoms with van der Waals surface area (Å²) in [5.74, 6) is -1.36. The lowest BCUT2D eigenvalue weighted by Gasteiger charge is -2.24. The molecule has 1 heterocycles. The van der Waals surface area contributed by atoms with Crippen molar-refractivity contribution in [2.45, 2.75) is 51.2 Å². The van der Waals surface area contributed by atoms with Gasteiger partial charge in [0.2, 0.25) is 0 Å². The molecule has 2 N–H and O–H groups in total. The molecular formula is C19H28FNO4. The van der Waals surface area contributed by atoms with Crippen molar-refractivity contribution in [1.29, 1.82) is 0 Å². The van der Waals surface area contributed by atoms with E-state index in [0.29, 0.717) is 24.1 Å². The molecule has 2 rings (SSSR count). The van der Waals surface area contributed by atoms with Gasteiger partial charge in [0.15, 0.2) is 0 Å². The van der Waals surface area contributed by atoms with E-state index in [9.17, 15) is 14.3 Å². The number of aliphatic hydroxyl groups is 1. The van der Waals surface area contributed by atoms with Gasteiger partial charge in [0.25, 0.3) is 0 Å². The fourth-order valence-electron chi connectivity index (χ4n) is 3.34. The van der Waals surface area contributed by atoms with E-state index < -0.39 is 17.9 Å². The minimum absolute atomic E-state index is 0.123. The molecule has 1 aliphatic rings. The number of rotatable bonds is 10. The summed E-state index contributed by atoms with van der Waals surface area (Å²) in [7, 11) is 0. The highest BCUT2D eigenvalue weighted by molar-refractivity contribution is 5.67. The largest absolute Gasteiger partial charge is 0.481 e. The number of aliphatic hydroxyl groups excluding tert-OH is 1. The number of carboxylic acid groups (broad SMARTS) is 1. The number of ether oxygens (including phenoxy) is 1. The summed E-state index contributed by atoms with van der Waals surface area (Å²) in [6.45, 7) is 4.73. The maximum Gasteiger partial charge on any atom is 0.303 e. The van der Waals surface area contributed by atoms with Gasteiger partial charge in [-0.3, -0.25) is 4.79 Å². The number of carboxylic acids is 1. The van der Waals surface area contributed by atoms with Crippen LogP contribution >= 0.6 is 0 Å². The lowest BCUT2D eigenvalue weighted by atomic mass is 9.96.